The summed E-state index contributed by atoms with van der Waals surface area (Å²) in [6.07, 6.45) is 0.637. The third kappa shape index (κ3) is 11.4. The van der Waals surface area contributed by atoms with Gasteiger partial charge >= 0.3 is 23.9 Å². The minimum absolute atomic E-state index is 0.0102. The van der Waals surface area contributed by atoms with E-state index in [-0.39, 0.29) is 106 Å². The van der Waals surface area contributed by atoms with E-state index in [4.69, 9.17) is 52.6 Å². The van der Waals surface area contributed by atoms with Gasteiger partial charge in [0.05, 0.1) is 97.7 Å². The second kappa shape index (κ2) is 25.0. The molecule has 24 nitrogen and oxygen atoms in total. The first-order valence-electron chi connectivity index (χ1n) is 28.3. The summed E-state index contributed by atoms with van der Waals surface area (Å²) in [4.78, 5) is 117. The molecule has 1 unspecified atom stereocenters. The third-order valence-electron chi connectivity index (χ3n) is 15.9. The zero-order chi connectivity index (χ0) is 60.3. The molecule has 6 aromatic rings. The molecule has 10 rings (SSSR count). The average molecular weight is 1170 g/mol. The highest BCUT2D eigenvalue weighted by molar-refractivity contribution is 5.93. The predicted molar refractivity (Wildman–Crippen MR) is 302 cm³/mol. The molecule has 0 fully saturated rings. The quantitative estimate of drug-likeness (QED) is 0.0417. The summed E-state index contributed by atoms with van der Waals surface area (Å²) in [5, 5.41) is 16.9. The highest BCUT2D eigenvalue weighted by Crippen LogP contribution is 2.44. The van der Waals surface area contributed by atoms with Crippen molar-refractivity contribution in [2.45, 2.75) is 104 Å². The van der Waals surface area contributed by atoms with Gasteiger partial charge in [0.15, 0.2) is 0 Å². The van der Waals surface area contributed by atoms with E-state index in [1.165, 1.54) is 13.2 Å². The molecule has 8 heterocycles. The molecular formula is C61H66N6O18. The third-order valence-corrected chi connectivity index (χ3v) is 15.9. The Labute approximate surface area is 486 Å². The Bertz CT molecular complexity index is 3820. The van der Waals surface area contributed by atoms with Crippen molar-refractivity contribution in [2.75, 3.05) is 73.1 Å². The molecule has 0 saturated carbocycles. The van der Waals surface area contributed by atoms with Crippen molar-refractivity contribution in [1.82, 2.24) is 29.7 Å². The SMILES string of the molecule is CCc1c2c(nc3ccc(O)cc13)-c1cc3c(c(=O)n1C2)COC(=O)[C@@]3(CC)OC(=O)CNC(=O)COCCOCC(COC)OCCOCC(=O)NCC(=O)O[C@]1(CC)C(=O)OCc2c1cc1n(c2=O)Cc2c-1nc1ccc(C)cc1c2CC. The van der Waals surface area contributed by atoms with Crippen LogP contribution in [0.5, 0.6) is 5.75 Å². The van der Waals surface area contributed by atoms with Crippen LogP contribution in [0.15, 0.2) is 58.1 Å². The number of fused-ring (bicyclic) bond motifs is 10. The summed E-state index contributed by atoms with van der Waals surface area (Å²) >= 11 is 0. The van der Waals surface area contributed by atoms with Gasteiger partial charge < -0.3 is 67.5 Å². The number of hydrogen-bond acceptors (Lipinski definition) is 20. The molecule has 3 atom stereocenters. The Hall–Kier alpha value is -8.42. The first-order chi connectivity index (χ1) is 41.0. The van der Waals surface area contributed by atoms with Crippen LogP contribution >= 0.6 is 0 Å². The van der Waals surface area contributed by atoms with E-state index in [0.717, 1.165) is 44.1 Å². The summed E-state index contributed by atoms with van der Waals surface area (Å²) in [5.74, 6) is -4.80. The summed E-state index contributed by atoms with van der Waals surface area (Å²) in [6.45, 7) is 7.37. The van der Waals surface area contributed by atoms with Crippen LogP contribution in [-0.2, 0) is 122 Å². The smallest absolute Gasteiger partial charge is 0.355 e. The van der Waals surface area contributed by atoms with Crippen LogP contribution in [0.25, 0.3) is 44.6 Å². The molecule has 4 aromatic heterocycles. The number of ether oxygens (including phenoxy) is 9. The highest BCUT2D eigenvalue weighted by Gasteiger charge is 2.52. The molecule has 0 spiro atoms. The molecule has 4 aliphatic rings. The minimum Gasteiger partial charge on any atom is -0.508 e. The topological polar surface area (TPSA) is 300 Å². The van der Waals surface area contributed by atoms with Gasteiger partial charge in [0, 0.05) is 40.1 Å². The number of nitrogens with zero attached hydrogens (tertiary/aromatic N) is 4. The monoisotopic (exact) mass is 1170 g/mol. The van der Waals surface area contributed by atoms with Crippen molar-refractivity contribution in [3.63, 3.8) is 0 Å². The van der Waals surface area contributed by atoms with Crippen molar-refractivity contribution in [3.8, 4) is 28.5 Å². The lowest BCUT2D eigenvalue weighted by atomic mass is 9.85. The number of aromatic nitrogens is 4. The van der Waals surface area contributed by atoms with Gasteiger partial charge in [-0.25, -0.2) is 19.6 Å². The Morgan fingerprint density at radius 1 is 0.635 bits per heavy atom. The van der Waals surface area contributed by atoms with Crippen LogP contribution in [-0.4, -0.2) is 139 Å². The van der Waals surface area contributed by atoms with Gasteiger partial charge in [-0.15, -0.1) is 0 Å². The number of methoxy groups -OCH3 is 1. The number of amides is 2. The number of benzene rings is 2. The van der Waals surface area contributed by atoms with E-state index in [0.29, 0.717) is 47.7 Å². The summed E-state index contributed by atoms with van der Waals surface area (Å²) < 4.78 is 53.3. The number of carbonyl (C=O) groups is 6. The number of aromatic hydroxyl groups is 1. The summed E-state index contributed by atoms with van der Waals surface area (Å²) in [7, 11) is 1.48. The fraction of sp³-hybridized carbons (Fsp3) is 0.443. The number of esters is 4. The van der Waals surface area contributed by atoms with E-state index in [1.54, 1.807) is 47.2 Å². The Morgan fingerprint density at radius 2 is 1.12 bits per heavy atom. The molecule has 0 bridgehead atoms. The fourth-order valence-corrected chi connectivity index (χ4v) is 11.7. The van der Waals surface area contributed by atoms with Gasteiger partial charge in [0.2, 0.25) is 23.0 Å². The maximum atomic E-state index is 14.1. The fourth-order valence-electron chi connectivity index (χ4n) is 11.7. The van der Waals surface area contributed by atoms with Gasteiger partial charge in [-0.3, -0.25) is 28.8 Å². The lowest BCUT2D eigenvalue weighted by Crippen LogP contribution is -2.48. The van der Waals surface area contributed by atoms with Crippen molar-refractivity contribution >= 4 is 57.5 Å². The second-order valence-electron chi connectivity index (χ2n) is 21.0. The van der Waals surface area contributed by atoms with Gasteiger partial charge in [-0.05, 0) is 86.2 Å². The number of cyclic esters (lactones) is 2. The van der Waals surface area contributed by atoms with Gasteiger partial charge in [0.25, 0.3) is 11.1 Å². The van der Waals surface area contributed by atoms with E-state index in [9.17, 15) is 43.5 Å². The van der Waals surface area contributed by atoms with Crippen LogP contribution in [0.3, 0.4) is 0 Å². The maximum Gasteiger partial charge on any atom is 0.355 e. The van der Waals surface area contributed by atoms with E-state index < -0.39 is 84.9 Å². The lowest BCUT2D eigenvalue weighted by molar-refractivity contribution is -0.189. The van der Waals surface area contributed by atoms with Crippen LogP contribution in [0.1, 0.15) is 90.6 Å². The number of hydrogen-bond donors (Lipinski definition) is 3. The molecule has 3 N–H and O–H groups in total. The molecule has 85 heavy (non-hydrogen) atoms. The number of aryl methyl sites for hydroxylation is 3. The van der Waals surface area contributed by atoms with Gasteiger partial charge in [0.1, 0.15) is 51.4 Å². The Morgan fingerprint density at radius 3 is 1.61 bits per heavy atom. The van der Waals surface area contributed by atoms with Crippen molar-refractivity contribution in [2.24, 2.45) is 0 Å². The van der Waals surface area contributed by atoms with Crippen molar-refractivity contribution in [3.05, 3.63) is 119 Å². The number of pyridine rings is 4. The number of phenolic OH excluding ortho intramolecular Hbond substituents is 1. The number of phenols is 1. The molecule has 2 amide bonds. The van der Waals surface area contributed by atoms with Crippen LogP contribution in [0, 0.1) is 6.92 Å². The van der Waals surface area contributed by atoms with Crippen molar-refractivity contribution in [1.29, 1.82) is 0 Å². The first-order valence-corrected chi connectivity index (χ1v) is 28.3. The molecule has 0 saturated heterocycles. The zero-order valence-corrected chi connectivity index (χ0v) is 48.1. The molecule has 2 aromatic carbocycles. The molecule has 448 valence electrons. The largest absolute Gasteiger partial charge is 0.508 e. The minimum atomic E-state index is -1.98. The predicted octanol–water partition coefficient (Wildman–Crippen LogP) is 3.73. The number of rotatable bonds is 25. The number of carbonyl (C=O) groups excluding carboxylic acids is 6. The average Bonchev–Trinajstić information content (AvgIpc) is 2.34. The first kappa shape index (κ1) is 59.7. The second-order valence-corrected chi connectivity index (χ2v) is 21.0. The summed E-state index contributed by atoms with van der Waals surface area (Å²) in [6, 6.07) is 14.2. The van der Waals surface area contributed by atoms with E-state index in [2.05, 4.69) is 23.6 Å². The van der Waals surface area contributed by atoms with Crippen LogP contribution < -0.4 is 21.8 Å². The molecular weight excluding hydrogens is 1100 g/mol. The highest BCUT2D eigenvalue weighted by atomic mass is 16.6. The molecule has 24 heteroatoms. The normalized spacial score (nSPS) is 17.4. The number of nitrogens with one attached hydrogen (secondary N) is 2. The van der Waals surface area contributed by atoms with Crippen molar-refractivity contribution < 1.29 is 76.5 Å². The van der Waals surface area contributed by atoms with E-state index >= 15 is 0 Å². The maximum absolute atomic E-state index is 14.1. The van der Waals surface area contributed by atoms with Crippen LogP contribution in [0.2, 0.25) is 0 Å². The standard InChI is InChI=1S/C61H66N6O18/c1-7-36-38-19-33(5)11-13-46(38)64-54-40(36)25-66-48(54)21-44-42(56(66)73)29-82-58(75)60(44,9-3)85-53(72)24-63-51(70)32-80-17-18-81-35(27-77-6)28-78-15-16-79-31-50(69)62-23-52(71)84-61(10-4)45-22-49-55-41(26-67(49)57(74)43(45)30-83-59(61)76)37(8-2)39-20-34(68)12-14-47(39)65-55/h11-14,19-22,35,68H,7-10,15-18,23-32H2,1-6H3,(H,62,69)(H,63,70)/t35?,60-,61-/m0/s1. The Balaban J connectivity index is 0.639. The van der Waals surface area contributed by atoms with Crippen LogP contribution in [0.4, 0.5) is 0 Å². The van der Waals surface area contributed by atoms with E-state index in [1.807, 2.05) is 26.0 Å². The molecule has 0 radical (unpaired) electrons. The van der Waals surface area contributed by atoms with Gasteiger partial charge in [-0.2, -0.15) is 0 Å². The molecule has 4 aliphatic heterocycles. The summed E-state index contributed by atoms with van der Waals surface area (Å²) in [5.41, 5.74) is 4.37. The lowest BCUT2D eigenvalue weighted by Gasteiger charge is -2.35. The Kier molecular flexibility index (Phi) is 17.6. The van der Waals surface area contributed by atoms with Gasteiger partial charge in [-0.1, -0.05) is 39.3 Å². The molecule has 0 aliphatic carbocycles. The zero-order valence-electron chi connectivity index (χ0n) is 48.1.